The van der Waals surface area contributed by atoms with Crippen LogP contribution < -0.4 is 10.6 Å². The molecule has 0 aliphatic rings. The molecule has 0 aliphatic carbocycles. The Labute approximate surface area is 149 Å². The van der Waals surface area contributed by atoms with Crippen LogP contribution in [-0.4, -0.2) is 39.3 Å². The fraction of sp³-hybridized carbons (Fsp3) is 0.667. The number of nitrogens with one attached hydrogen (secondary N) is 2. The average Bonchev–Trinajstić information content (AvgIpc) is 2.95. The molecule has 122 valence electrons. The molecule has 1 heterocycles. The van der Waals surface area contributed by atoms with E-state index in [1.807, 2.05) is 0 Å². The lowest BCUT2D eigenvalue weighted by molar-refractivity contribution is 0.195. The summed E-state index contributed by atoms with van der Waals surface area (Å²) >= 11 is 1.79. The van der Waals surface area contributed by atoms with Gasteiger partial charge in [0, 0.05) is 37.1 Å². The normalized spacial score (nSPS) is 11.9. The molecule has 0 aromatic carbocycles. The maximum atomic E-state index is 5.05. The van der Waals surface area contributed by atoms with Crippen molar-refractivity contribution >= 4 is 41.3 Å². The van der Waals surface area contributed by atoms with Crippen LogP contribution in [0.3, 0.4) is 0 Å². The molecule has 21 heavy (non-hydrogen) atoms. The van der Waals surface area contributed by atoms with Crippen molar-refractivity contribution in [2.75, 3.05) is 33.4 Å². The summed E-state index contributed by atoms with van der Waals surface area (Å²) in [6.45, 7) is 9.83. The second-order valence-electron chi connectivity index (χ2n) is 5.33. The van der Waals surface area contributed by atoms with Crippen LogP contribution in [0.25, 0.3) is 0 Å². The SMILES string of the molecule is CCNC(=NCC(C)(C)c1cccs1)NCCCOC.I. The maximum Gasteiger partial charge on any atom is 0.191 e. The summed E-state index contributed by atoms with van der Waals surface area (Å²) < 4.78 is 5.05. The van der Waals surface area contributed by atoms with Crippen molar-refractivity contribution in [3.63, 3.8) is 0 Å². The molecular weight excluding hydrogens is 397 g/mol. The highest BCUT2D eigenvalue weighted by Gasteiger charge is 2.21. The van der Waals surface area contributed by atoms with Crippen molar-refractivity contribution in [1.82, 2.24) is 10.6 Å². The van der Waals surface area contributed by atoms with Crippen LogP contribution in [-0.2, 0) is 10.2 Å². The fourth-order valence-electron chi connectivity index (χ4n) is 1.78. The molecule has 2 N–H and O–H groups in total. The molecule has 1 aromatic heterocycles. The van der Waals surface area contributed by atoms with Crippen LogP contribution >= 0.6 is 35.3 Å². The number of methoxy groups -OCH3 is 1. The van der Waals surface area contributed by atoms with E-state index in [4.69, 9.17) is 9.73 Å². The third kappa shape index (κ3) is 8.01. The van der Waals surface area contributed by atoms with E-state index >= 15 is 0 Å². The molecule has 0 bridgehead atoms. The third-order valence-electron chi connectivity index (χ3n) is 2.98. The molecule has 0 saturated heterocycles. The molecule has 0 radical (unpaired) electrons. The van der Waals surface area contributed by atoms with Gasteiger partial charge in [0.15, 0.2) is 5.96 Å². The number of ether oxygens (including phenoxy) is 1. The largest absolute Gasteiger partial charge is 0.385 e. The Morgan fingerprint density at radius 1 is 1.38 bits per heavy atom. The third-order valence-corrected chi connectivity index (χ3v) is 4.22. The second-order valence-corrected chi connectivity index (χ2v) is 6.28. The van der Waals surface area contributed by atoms with Crippen LogP contribution in [0.4, 0.5) is 0 Å². The summed E-state index contributed by atoms with van der Waals surface area (Å²) in [4.78, 5) is 6.07. The highest BCUT2D eigenvalue weighted by atomic mass is 127. The van der Waals surface area contributed by atoms with Gasteiger partial charge in [0.05, 0.1) is 6.54 Å². The Morgan fingerprint density at radius 3 is 2.71 bits per heavy atom. The summed E-state index contributed by atoms with van der Waals surface area (Å²) in [5.74, 6) is 0.883. The first kappa shape index (κ1) is 20.7. The Bertz CT molecular complexity index is 394. The minimum absolute atomic E-state index is 0. The highest BCUT2D eigenvalue weighted by molar-refractivity contribution is 14.0. The first-order valence-corrected chi connectivity index (χ1v) is 8.03. The van der Waals surface area contributed by atoms with E-state index in [-0.39, 0.29) is 29.4 Å². The molecule has 1 aromatic rings. The Balaban J connectivity index is 0.00000400. The van der Waals surface area contributed by atoms with Gasteiger partial charge in [-0.05, 0) is 24.8 Å². The van der Waals surface area contributed by atoms with Gasteiger partial charge in [0.25, 0.3) is 0 Å². The summed E-state index contributed by atoms with van der Waals surface area (Å²) in [5, 5.41) is 8.73. The first-order valence-electron chi connectivity index (χ1n) is 7.15. The number of hydrogen-bond acceptors (Lipinski definition) is 3. The zero-order chi connectivity index (χ0) is 14.8. The number of hydrogen-bond donors (Lipinski definition) is 2. The van der Waals surface area contributed by atoms with Crippen molar-refractivity contribution in [2.24, 2.45) is 4.99 Å². The van der Waals surface area contributed by atoms with Gasteiger partial charge in [-0.2, -0.15) is 0 Å². The number of nitrogens with zero attached hydrogens (tertiary/aromatic N) is 1. The van der Waals surface area contributed by atoms with Crippen LogP contribution in [0.2, 0.25) is 0 Å². The Hall–Kier alpha value is -0.340. The predicted octanol–water partition coefficient (Wildman–Crippen LogP) is 3.24. The van der Waals surface area contributed by atoms with Gasteiger partial charge in [-0.3, -0.25) is 4.99 Å². The first-order chi connectivity index (χ1) is 9.60. The average molecular weight is 425 g/mol. The highest BCUT2D eigenvalue weighted by Crippen LogP contribution is 2.27. The lowest BCUT2D eigenvalue weighted by Gasteiger charge is -2.21. The molecule has 0 saturated carbocycles. The van der Waals surface area contributed by atoms with Gasteiger partial charge in [-0.1, -0.05) is 19.9 Å². The van der Waals surface area contributed by atoms with E-state index < -0.39 is 0 Å². The van der Waals surface area contributed by atoms with Crippen LogP contribution in [0, 0.1) is 0 Å². The summed E-state index contributed by atoms with van der Waals surface area (Å²) in [6.07, 6.45) is 0.981. The van der Waals surface area contributed by atoms with Crippen LogP contribution in [0.1, 0.15) is 32.1 Å². The van der Waals surface area contributed by atoms with E-state index in [1.165, 1.54) is 4.88 Å². The van der Waals surface area contributed by atoms with Crippen LogP contribution in [0.15, 0.2) is 22.5 Å². The molecule has 0 unspecified atom stereocenters. The standard InChI is InChI=1S/C15H27N3OS.HI/c1-5-16-14(17-9-7-10-19-4)18-12-15(2,3)13-8-6-11-20-13;/h6,8,11H,5,7,9-10,12H2,1-4H3,(H2,16,17,18);1H. The summed E-state index contributed by atoms with van der Waals surface area (Å²) in [5.41, 5.74) is 0.0725. The van der Waals surface area contributed by atoms with E-state index in [1.54, 1.807) is 18.4 Å². The molecule has 0 atom stereocenters. The van der Waals surface area contributed by atoms with E-state index in [2.05, 4.69) is 48.9 Å². The van der Waals surface area contributed by atoms with Crippen molar-refractivity contribution < 1.29 is 4.74 Å². The van der Waals surface area contributed by atoms with Crippen molar-refractivity contribution in [3.8, 4) is 0 Å². The van der Waals surface area contributed by atoms with E-state index in [0.29, 0.717) is 0 Å². The second kappa shape index (κ2) is 11.3. The van der Waals surface area contributed by atoms with Gasteiger partial charge < -0.3 is 15.4 Å². The van der Waals surface area contributed by atoms with Gasteiger partial charge in [0.1, 0.15) is 0 Å². The van der Waals surface area contributed by atoms with Gasteiger partial charge in [-0.25, -0.2) is 0 Å². The van der Waals surface area contributed by atoms with Gasteiger partial charge in [0.2, 0.25) is 0 Å². The van der Waals surface area contributed by atoms with E-state index in [9.17, 15) is 0 Å². The predicted molar refractivity (Wildman–Crippen MR) is 103 cm³/mol. The molecule has 0 aliphatic heterocycles. The lowest BCUT2D eigenvalue weighted by Crippen LogP contribution is -2.39. The molecule has 1 rings (SSSR count). The van der Waals surface area contributed by atoms with Crippen LogP contribution in [0.5, 0.6) is 0 Å². The van der Waals surface area contributed by atoms with Crippen molar-refractivity contribution in [2.45, 2.75) is 32.6 Å². The monoisotopic (exact) mass is 425 g/mol. The molecular formula is C15H28IN3OS. The summed E-state index contributed by atoms with van der Waals surface area (Å²) in [7, 11) is 1.73. The Morgan fingerprint density at radius 2 is 2.14 bits per heavy atom. The molecule has 0 fully saturated rings. The van der Waals surface area contributed by atoms with E-state index in [0.717, 1.165) is 38.6 Å². The zero-order valence-electron chi connectivity index (χ0n) is 13.4. The number of guanidine groups is 1. The maximum absolute atomic E-state index is 5.05. The minimum Gasteiger partial charge on any atom is -0.385 e. The molecule has 6 heteroatoms. The van der Waals surface area contributed by atoms with Crippen molar-refractivity contribution in [3.05, 3.63) is 22.4 Å². The number of rotatable bonds is 8. The van der Waals surface area contributed by atoms with Gasteiger partial charge >= 0.3 is 0 Å². The fourth-order valence-corrected chi connectivity index (χ4v) is 2.63. The smallest absolute Gasteiger partial charge is 0.191 e. The Kier molecular flexibility index (Phi) is 11.1. The molecule has 0 amide bonds. The zero-order valence-corrected chi connectivity index (χ0v) is 16.6. The quantitative estimate of drug-likeness (QED) is 0.291. The number of thiophene rings is 1. The molecule has 0 spiro atoms. The lowest BCUT2D eigenvalue weighted by atomic mass is 9.92. The van der Waals surface area contributed by atoms with Gasteiger partial charge in [-0.15, -0.1) is 35.3 Å². The minimum atomic E-state index is 0. The number of halogens is 1. The summed E-state index contributed by atoms with van der Waals surface area (Å²) in [6, 6.07) is 4.28. The number of aliphatic imine (C=N–C) groups is 1. The molecule has 4 nitrogen and oxygen atoms in total. The topological polar surface area (TPSA) is 45.7 Å². The van der Waals surface area contributed by atoms with Crippen molar-refractivity contribution in [1.29, 1.82) is 0 Å².